The number of carbonyl (C=O) groups excluding carboxylic acids is 3. The molecule has 23 heavy (non-hydrogen) atoms. The first kappa shape index (κ1) is 18.8. The monoisotopic (exact) mass is 339 g/mol. The normalized spacial score (nSPS) is 12.4. The first-order chi connectivity index (χ1) is 10.8. The molecule has 0 heterocycles. The molecule has 1 aromatic carbocycles. The van der Waals surface area contributed by atoms with Crippen molar-refractivity contribution in [3.63, 3.8) is 0 Å². The topological polar surface area (TPSA) is 82.0 Å². The van der Waals surface area contributed by atoms with Gasteiger partial charge in [0, 0.05) is 10.7 Å². The molecule has 0 spiro atoms. The van der Waals surface area contributed by atoms with E-state index in [-0.39, 0.29) is 18.9 Å². The zero-order valence-corrected chi connectivity index (χ0v) is 13.9. The molecule has 7 heteroatoms. The van der Waals surface area contributed by atoms with Gasteiger partial charge in [0.05, 0.1) is 6.61 Å². The molecule has 6 nitrogen and oxygen atoms in total. The maximum absolute atomic E-state index is 11.7. The van der Waals surface area contributed by atoms with Crippen LogP contribution in [0.3, 0.4) is 0 Å². The summed E-state index contributed by atoms with van der Waals surface area (Å²) in [4.78, 5) is 38.6. The van der Waals surface area contributed by atoms with E-state index in [1.165, 1.54) is 13.8 Å². The average molecular weight is 340 g/mol. The van der Waals surface area contributed by atoms with Crippen molar-refractivity contribution in [2.24, 2.45) is 10.9 Å². The van der Waals surface area contributed by atoms with Gasteiger partial charge in [-0.05, 0) is 38.5 Å². The third kappa shape index (κ3) is 6.20. The van der Waals surface area contributed by atoms with Crippen molar-refractivity contribution in [3.8, 4) is 0 Å². The lowest BCUT2D eigenvalue weighted by atomic mass is 10.0. The number of benzene rings is 1. The molecule has 1 aromatic rings. The Morgan fingerprint density at radius 2 is 1.74 bits per heavy atom. The second-order valence-corrected chi connectivity index (χ2v) is 5.17. The van der Waals surface area contributed by atoms with Crippen molar-refractivity contribution in [1.82, 2.24) is 0 Å². The van der Waals surface area contributed by atoms with Gasteiger partial charge in [0.15, 0.2) is 5.92 Å². The highest BCUT2D eigenvalue weighted by molar-refractivity contribution is 6.30. The third-order valence-electron chi connectivity index (χ3n) is 2.89. The van der Waals surface area contributed by atoms with Crippen LogP contribution in [0.1, 0.15) is 26.3 Å². The lowest BCUT2D eigenvalue weighted by Crippen LogP contribution is -2.31. The number of ether oxygens (including phenoxy) is 2. The Hall–Kier alpha value is -2.21. The SMILES string of the molecule is CCOC(=O)C(C(C)=O)C(C)=NC(=O)OCc1ccc(Cl)cc1. The van der Waals surface area contributed by atoms with Crippen LogP contribution >= 0.6 is 11.6 Å². The number of hydrogen-bond donors (Lipinski definition) is 0. The van der Waals surface area contributed by atoms with Gasteiger partial charge >= 0.3 is 12.1 Å². The standard InChI is InChI=1S/C16H18ClNO5/c1-4-22-15(20)14(11(3)19)10(2)18-16(21)23-9-12-5-7-13(17)8-6-12/h5-8,14H,4,9H2,1-3H3. The first-order valence-electron chi connectivity index (χ1n) is 6.98. The van der Waals surface area contributed by atoms with Crippen LogP contribution in [0.15, 0.2) is 29.3 Å². The molecule has 124 valence electrons. The Kier molecular flexibility index (Phi) is 7.41. The Morgan fingerprint density at radius 1 is 1.13 bits per heavy atom. The minimum absolute atomic E-state index is 0.0108. The Morgan fingerprint density at radius 3 is 2.26 bits per heavy atom. The van der Waals surface area contributed by atoms with E-state index in [2.05, 4.69) is 4.99 Å². The molecule has 1 unspecified atom stereocenters. The van der Waals surface area contributed by atoms with Crippen LogP contribution in [0.4, 0.5) is 4.79 Å². The molecule has 0 bridgehead atoms. The second-order valence-electron chi connectivity index (χ2n) is 4.73. The van der Waals surface area contributed by atoms with E-state index in [0.717, 1.165) is 5.56 Å². The maximum Gasteiger partial charge on any atom is 0.433 e. The largest absolute Gasteiger partial charge is 0.465 e. The molecule has 0 N–H and O–H groups in total. The highest BCUT2D eigenvalue weighted by atomic mass is 35.5. The van der Waals surface area contributed by atoms with Gasteiger partial charge in [0.2, 0.25) is 0 Å². The number of hydrogen-bond acceptors (Lipinski definition) is 5. The van der Waals surface area contributed by atoms with Crippen LogP contribution < -0.4 is 0 Å². The molecule has 0 saturated carbocycles. The third-order valence-corrected chi connectivity index (χ3v) is 3.14. The zero-order chi connectivity index (χ0) is 17.4. The fourth-order valence-electron chi connectivity index (χ4n) is 1.82. The van der Waals surface area contributed by atoms with Gasteiger partial charge in [-0.15, -0.1) is 0 Å². The Balaban J connectivity index is 2.70. The van der Waals surface area contributed by atoms with Crippen LogP contribution in [0.2, 0.25) is 5.02 Å². The lowest BCUT2D eigenvalue weighted by molar-refractivity contribution is -0.148. The summed E-state index contributed by atoms with van der Waals surface area (Å²) in [6.07, 6.45) is -0.881. The van der Waals surface area contributed by atoms with Gasteiger partial charge in [0.25, 0.3) is 0 Å². The Labute approximate surface area is 139 Å². The number of aliphatic imine (C=N–C) groups is 1. The predicted molar refractivity (Wildman–Crippen MR) is 85.6 cm³/mol. The lowest BCUT2D eigenvalue weighted by Gasteiger charge is -2.12. The summed E-state index contributed by atoms with van der Waals surface area (Å²) in [6.45, 7) is 4.42. The number of amides is 1. The number of esters is 1. The molecule has 0 radical (unpaired) electrons. The molecule has 1 atom stereocenters. The highest BCUT2D eigenvalue weighted by Crippen LogP contribution is 2.11. The van der Waals surface area contributed by atoms with E-state index < -0.39 is 23.8 Å². The number of halogens is 1. The van der Waals surface area contributed by atoms with Crippen molar-refractivity contribution >= 4 is 35.2 Å². The first-order valence-corrected chi connectivity index (χ1v) is 7.36. The molecule has 1 amide bonds. The highest BCUT2D eigenvalue weighted by Gasteiger charge is 2.28. The summed E-state index contributed by atoms with van der Waals surface area (Å²) in [5.41, 5.74) is 0.779. The van der Waals surface area contributed by atoms with E-state index in [1.807, 2.05) is 0 Å². The molecule has 0 fully saturated rings. The van der Waals surface area contributed by atoms with E-state index in [4.69, 9.17) is 21.1 Å². The van der Waals surface area contributed by atoms with Crippen molar-refractivity contribution in [2.75, 3.05) is 6.61 Å². The number of nitrogens with zero attached hydrogens (tertiary/aromatic N) is 1. The van der Waals surface area contributed by atoms with Crippen LogP contribution in [-0.4, -0.2) is 30.2 Å². The maximum atomic E-state index is 11.7. The molecule has 0 saturated heterocycles. The van der Waals surface area contributed by atoms with E-state index in [0.29, 0.717) is 5.02 Å². The van der Waals surface area contributed by atoms with Crippen molar-refractivity contribution < 1.29 is 23.9 Å². The van der Waals surface area contributed by atoms with Crippen molar-refractivity contribution in [1.29, 1.82) is 0 Å². The van der Waals surface area contributed by atoms with Crippen LogP contribution in [0.5, 0.6) is 0 Å². The smallest absolute Gasteiger partial charge is 0.433 e. The van der Waals surface area contributed by atoms with E-state index in [1.54, 1.807) is 31.2 Å². The van der Waals surface area contributed by atoms with Gasteiger partial charge in [0.1, 0.15) is 12.4 Å². The summed E-state index contributed by atoms with van der Waals surface area (Å²) < 4.78 is 9.78. The van der Waals surface area contributed by atoms with Gasteiger partial charge in [-0.3, -0.25) is 9.59 Å². The Bertz CT molecular complexity index is 609. The van der Waals surface area contributed by atoms with Crippen LogP contribution in [0, 0.1) is 5.92 Å². The number of rotatable bonds is 6. The molecule has 0 aromatic heterocycles. The molecule has 0 aliphatic heterocycles. The molecular weight excluding hydrogens is 322 g/mol. The van der Waals surface area contributed by atoms with Crippen LogP contribution in [-0.2, 0) is 25.7 Å². The summed E-state index contributed by atoms with van der Waals surface area (Å²) >= 11 is 5.76. The quantitative estimate of drug-likeness (QED) is 0.451. The number of Topliss-reactive ketones (excluding diaryl/α,β-unsaturated/α-hetero) is 1. The molecule has 1 rings (SSSR count). The summed E-state index contributed by atoms with van der Waals surface area (Å²) in [6, 6.07) is 6.77. The molecule has 0 aliphatic carbocycles. The molecular formula is C16H18ClNO5. The van der Waals surface area contributed by atoms with Crippen molar-refractivity contribution in [3.05, 3.63) is 34.9 Å². The minimum atomic E-state index is -1.20. The van der Waals surface area contributed by atoms with Gasteiger partial charge in [-0.1, -0.05) is 23.7 Å². The molecule has 0 aliphatic rings. The fourth-order valence-corrected chi connectivity index (χ4v) is 1.95. The number of ketones is 1. The summed E-state index contributed by atoms with van der Waals surface area (Å²) in [5, 5.41) is 0.577. The fraction of sp³-hybridized carbons (Fsp3) is 0.375. The minimum Gasteiger partial charge on any atom is -0.465 e. The van der Waals surface area contributed by atoms with E-state index in [9.17, 15) is 14.4 Å². The van der Waals surface area contributed by atoms with Crippen LogP contribution in [0.25, 0.3) is 0 Å². The zero-order valence-electron chi connectivity index (χ0n) is 13.2. The van der Waals surface area contributed by atoms with Gasteiger partial charge in [-0.2, -0.15) is 4.99 Å². The average Bonchev–Trinajstić information content (AvgIpc) is 2.46. The predicted octanol–water partition coefficient (Wildman–Crippen LogP) is 3.21. The van der Waals surface area contributed by atoms with Gasteiger partial charge < -0.3 is 9.47 Å². The van der Waals surface area contributed by atoms with Gasteiger partial charge in [-0.25, -0.2) is 4.79 Å². The summed E-state index contributed by atoms with van der Waals surface area (Å²) in [7, 11) is 0. The second kappa shape index (κ2) is 9.05. The number of carbonyl (C=O) groups is 3. The van der Waals surface area contributed by atoms with Crippen molar-refractivity contribution in [2.45, 2.75) is 27.4 Å². The van der Waals surface area contributed by atoms with E-state index >= 15 is 0 Å². The summed E-state index contributed by atoms with van der Waals surface area (Å²) in [5.74, 6) is -2.38.